The third-order valence-electron chi connectivity index (χ3n) is 1.54. The molecular weight excluding hydrogens is 172 g/mol. The van der Waals surface area contributed by atoms with E-state index in [-0.39, 0.29) is 0 Å². The normalized spacial score (nSPS) is 9.75. The van der Waals surface area contributed by atoms with E-state index in [0.29, 0.717) is 12.2 Å². The molecule has 0 N–H and O–H groups in total. The SMILES string of the molecule is CCCCOc1cscc1C=O. The second-order valence-corrected chi connectivity index (χ2v) is 3.25. The van der Waals surface area contributed by atoms with Crippen molar-refractivity contribution in [1.29, 1.82) is 0 Å². The van der Waals surface area contributed by atoms with Crippen molar-refractivity contribution in [2.45, 2.75) is 19.8 Å². The van der Waals surface area contributed by atoms with E-state index in [4.69, 9.17) is 4.74 Å². The average Bonchev–Trinajstić information content (AvgIpc) is 2.52. The fourth-order valence-corrected chi connectivity index (χ4v) is 1.54. The Hall–Kier alpha value is -0.830. The van der Waals surface area contributed by atoms with Crippen molar-refractivity contribution >= 4 is 17.6 Å². The van der Waals surface area contributed by atoms with Crippen LogP contribution < -0.4 is 4.74 Å². The summed E-state index contributed by atoms with van der Waals surface area (Å²) in [5.74, 6) is 0.725. The minimum atomic E-state index is 0.663. The lowest BCUT2D eigenvalue weighted by Crippen LogP contribution is -1.96. The minimum Gasteiger partial charge on any atom is -0.492 e. The average molecular weight is 184 g/mol. The van der Waals surface area contributed by atoms with Crippen LogP contribution in [0.5, 0.6) is 5.75 Å². The summed E-state index contributed by atoms with van der Waals surface area (Å²) in [6.07, 6.45) is 2.98. The summed E-state index contributed by atoms with van der Waals surface area (Å²) in [5.41, 5.74) is 0.663. The first kappa shape index (κ1) is 9.26. The lowest BCUT2D eigenvalue weighted by molar-refractivity contribution is 0.112. The summed E-state index contributed by atoms with van der Waals surface area (Å²) in [6, 6.07) is 0. The third kappa shape index (κ3) is 2.34. The third-order valence-corrected chi connectivity index (χ3v) is 2.28. The molecule has 1 heterocycles. The maximum Gasteiger partial charge on any atom is 0.154 e. The molecule has 0 unspecified atom stereocenters. The molecule has 0 saturated carbocycles. The lowest BCUT2D eigenvalue weighted by Gasteiger charge is -2.02. The molecule has 0 aliphatic carbocycles. The molecule has 0 amide bonds. The van der Waals surface area contributed by atoms with Gasteiger partial charge < -0.3 is 4.74 Å². The maximum absolute atomic E-state index is 10.4. The molecule has 2 nitrogen and oxygen atoms in total. The zero-order valence-electron chi connectivity index (χ0n) is 7.08. The number of thiophene rings is 1. The van der Waals surface area contributed by atoms with E-state index in [2.05, 4.69) is 6.92 Å². The summed E-state index contributed by atoms with van der Waals surface area (Å²) in [5, 5.41) is 3.66. The van der Waals surface area contributed by atoms with Gasteiger partial charge in [0.2, 0.25) is 0 Å². The minimum absolute atomic E-state index is 0.663. The number of unbranched alkanes of at least 4 members (excludes halogenated alkanes) is 1. The van der Waals surface area contributed by atoms with Crippen molar-refractivity contribution in [3.63, 3.8) is 0 Å². The summed E-state index contributed by atoms with van der Waals surface area (Å²) in [6.45, 7) is 2.81. The Kier molecular flexibility index (Phi) is 3.80. The summed E-state index contributed by atoms with van der Waals surface area (Å²) in [7, 11) is 0. The highest BCUT2D eigenvalue weighted by Crippen LogP contribution is 2.21. The molecule has 12 heavy (non-hydrogen) atoms. The molecular formula is C9H12O2S. The zero-order chi connectivity index (χ0) is 8.81. The molecule has 1 aromatic heterocycles. The van der Waals surface area contributed by atoms with Gasteiger partial charge in [0.15, 0.2) is 6.29 Å². The van der Waals surface area contributed by atoms with Gasteiger partial charge in [0.25, 0.3) is 0 Å². The molecule has 0 saturated heterocycles. The van der Waals surface area contributed by atoms with Gasteiger partial charge in [-0.3, -0.25) is 4.79 Å². The molecule has 0 radical (unpaired) electrons. The Morgan fingerprint density at radius 1 is 1.58 bits per heavy atom. The predicted molar refractivity (Wildman–Crippen MR) is 50.1 cm³/mol. The number of hydrogen-bond donors (Lipinski definition) is 0. The van der Waals surface area contributed by atoms with Gasteiger partial charge in [-0.25, -0.2) is 0 Å². The van der Waals surface area contributed by atoms with Gasteiger partial charge in [0, 0.05) is 10.8 Å². The molecule has 0 aliphatic heterocycles. The van der Waals surface area contributed by atoms with Crippen LogP contribution >= 0.6 is 11.3 Å². The summed E-state index contributed by atoms with van der Waals surface area (Å²) in [4.78, 5) is 10.4. The summed E-state index contributed by atoms with van der Waals surface area (Å²) >= 11 is 1.49. The highest BCUT2D eigenvalue weighted by atomic mass is 32.1. The van der Waals surface area contributed by atoms with Gasteiger partial charge in [-0.1, -0.05) is 13.3 Å². The van der Waals surface area contributed by atoms with E-state index in [9.17, 15) is 4.79 Å². The first-order valence-corrected chi connectivity index (χ1v) is 4.97. The van der Waals surface area contributed by atoms with Crippen LogP contribution in [0.1, 0.15) is 30.1 Å². The maximum atomic E-state index is 10.4. The number of carbonyl (C=O) groups is 1. The number of aldehydes is 1. The van der Waals surface area contributed by atoms with Crippen LogP contribution in [0.4, 0.5) is 0 Å². The monoisotopic (exact) mass is 184 g/mol. The van der Waals surface area contributed by atoms with Crippen molar-refractivity contribution in [2.75, 3.05) is 6.61 Å². The highest BCUT2D eigenvalue weighted by Gasteiger charge is 2.02. The lowest BCUT2D eigenvalue weighted by atomic mass is 10.3. The van der Waals surface area contributed by atoms with Crippen LogP contribution in [0.15, 0.2) is 10.8 Å². The fourth-order valence-electron chi connectivity index (χ4n) is 0.825. The van der Waals surface area contributed by atoms with E-state index in [0.717, 1.165) is 24.9 Å². The van der Waals surface area contributed by atoms with Gasteiger partial charge in [0.1, 0.15) is 5.75 Å². The van der Waals surface area contributed by atoms with Crippen molar-refractivity contribution in [1.82, 2.24) is 0 Å². The standard InChI is InChI=1S/C9H12O2S/c1-2-3-4-11-9-7-12-6-8(9)5-10/h5-7H,2-4H2,1H3. The quantitative estimate of drug-likeness (QED) is 0.519. The molecule has 0 spiro atoms. The smallest absolute Gasteiger partial charge is 0.154 e. The van der Waals surface area contributed by atoms with Crippen LogP contribution in [-0.4, -0.2) is 12.9 Å². The van der Waals surface area contributed by atoms with E-state index in [1.54, 1.807) is 5.38 Å². The first-order valence-electron chi connectivity index (χ1n) is 4.02. The van der Waals surface area contributed by atoms with Gasteiger partial charge in [0.05, 0.1) is 12.2 Å². The Morgan fingerprint density at radius 3 is 3.08 bits per heavy atom. The zero-order valence-corrected chi connectivity index (χ0v) is 7.89. The fraction of sp³-hybridized carbons (Fsp3) is 0.444. The van der Waals surface area contributed by atoms with Crippen LogP contribution in [-0.2, 0) is 0 Å². The van der Waals surface area contributed by atoms with Crippen LogP contribution in [0.2, 0.25) is 0 Å². The van der Waals surface area contributed by atoms with Crippen LogP contribution in [0.3, 0.4) is 0 Å². The second kappa shape index (κ2) is 4.93. The van der Waals surface area contributed by atoms with Gasteiger partial charge in [-0.05, 0) is 6.42 Å². The van der Waals surface area contributed by atoms with Crippen molar-refractivity contribution < 1.29 is 9.53 Å². The predicted octanol–water partition coefficient (Wildman–Crippen LogP) is 2.74. The van der Waals surface area contributed by atoms with Crippen molar-refractivity contribution in [2.24, 2.45) is 0 Å². The van der Waals surface area contributed by atoms with Crippen molar-refractivity contribution in [3.05, 3.63) is 16.3 Å². The second-order valence-electron chi connectivity index (χ2n) is 2.51. The molecule has 1 rings (SSSR count). The van der Waals surface area contributed by atoms with Gasteiger partial charge in [-0.15, -0.1) is 11.3 Å². The molecule has 0 fully saturated rings. The highest BCUT2D eigenvalue weighted by molar-refractivity contribution is 7.08. The van der Waals surface area contributed by atoms with Gasteiger partial charge in [-0.2, -0.15) is 0 Å². The molecule has 0 atom stereocenters. The van der Waals surface area contributed by atoms with E-state index >= 15 is 0 Å². The van der Waals surface area contributed by atoms with Crippen LogP contribution in [0.25, 0.3) is 0 Å². The number of rotatable bonds is 5. The molecule has 0 bridgehead atoms. The molecule has 0 aliphatic rings. The molecule has 1 aromatic rings. The largest absolute Gasteiger partial charge is 0.492 e. The first-order chi connectivity index (χ1) is 5.88. The van der Waals surface area contributed by atoms with E-state index in [1.165, 1.54) is 11.3 Å². The van der Waals surface area contributed by atoms with Crippen molar-refractivity contribution in [3.8, 4) is 5.75 Å². The molecule has 0 aromatic carbocycles. The van der Waals surface area contributed by atoms with E-state index in [1.807, 2.05) is 5.38 Å². The number of carbonyl (C=O) groups excluding carboxylic acids is 1. The Balaban J connectivity index is 2.45. The Bertz CT molecular complexity index is 242. The number of hydrogen-bond acceptors (Lipinski definition) is 3. The van der Waals surface area contributed by atoms with Crippen LogP contribution in [0, 0.1) is 0 Å². The summed E-state index contributed by atoms with van der Waals surface area (Å²) < 4.78 is 5.39. The number of ether oxygens (including phenoxy) is 1. The Morgan fingerprint density at radius 2 is 2.42 bits per heavy atom. The Labute approximate surface area is 76.2 Å². The molecule has 3 heteroatoms. The topological polar surface area (TPSA) is 26.3 Å². The van der Waals surface area contributed by atoms with E-state index < -0.39 is 0 Å². The molecule has 66 valence electrons. The van der Waals surface area contributed by atoms with Gasteiger partial charge >= 0.3 is 0 Å².